The first kappa shape index (κ1) is 44.4. The fourth-order valence-corrected chi connectivity index (χ4v) is 6.32. The maximum absolute atomic E-state index is 13.9. The van der Waals surface area contributed by atoms with E-state index in [4.69, 9.17) is 9.47 Å². The summed E-state index contributed by atoms with van der Waals surface area (Å²) in [6.07, 6.45) is 4.42. The number of H-pyrrole nitrogens is 2. The smallest absolute Gasteiger partial charge is 0.229 e. The first-order valence-corrected chi connectivity index (χ1v) is 19.7. The van der Waals surface area contributed by atoms with Crippen molar-refractivity contribution >= 4 is 45.3 Å². The first-order chi connectivity index (χ1) is 30.5. The van der Waals surface area contributed by atoms with Gasteiger partial charge in [-0.05, 0) is 101 Å². The Hall–Kier alpha value is -7.62. The third kappa shape index (κ3) is 10.7. The molecule has 4 heterocycles. The molecule has 0 unspecified atom stereocenters. The number of hydrogen-bond acceptors (Lipinski definition) is 12. The number of aliphatic hydroxyl groups is 2. The van der Waals surface area contributed by atoms with Crippen molar-refractivity contribution in [2.45, 2.75) is 51.7 Å². The number of aryl methyl sites for hydroxylation is 1. The monoisotopic (exact) mass is 874 g/mol. The lowest BCUT2D eigenvalue weighted by atomic mass is 9.96. The van der Waals surface area contributed by atoms with E-state index in [2.05, 4.69) is 62.8 Å². The number of hydrogen-bond donors (Lipinski definition) is 6. The summed E-state index contributed by atoms with van der Waals surface area (Å²) in [5, 5.41) is 41.0. The summed E-state index contributed by atoms with van der Waals surface area (Å²) in [5.74, 6) is 4.34. The number of ether oxygens (including phenoxy) is 2. The molecule has 0 amide bonds. The first-order valence-electron chi connectivity index (χ1n) is 19.7. The summed E-state index contributed by atoms with van der Waals surface area (Å²) in [5.41, 5.74) is 3.42. The predicted octanol–water partition coefficient (Wildman–Crippen LogP) is 8.93. The number of rotatable bonds is 11. The quantitative estimate of drug-likeness (QED) is 0.0535. The topological polar surface area (TPSA) is 192 Å². The Bertz CT molecular complexity index is 3040. The van der Waals surface area contributed by atoms with Crippen molar-refractivity contribution in [2.75, 3.05) is 24.9 Å². The predicted molar refractivity (Wildman–Crippen MR) is 234 cm³/mol. The van der Waals surface area contributed by atoms with Crippen LogP contribution in [-0.4, -0.2) is 76.0 Å². The van der Waals surface area contributed by atoms with E-state index >= 15 is 0 Å². The van der Waals surface area contributed by atoms with Gasteiger partial charge >= 0.3 is 0 Å². The van der Waals surface area contributed by atoms with Crippen LogP contribution in [-0.2, 0) is 6.42 Å². The minimum Gasteiger partial charge on any atom is -0.496 e. The molecule has 4 aromatic heterocycles. The van der Waals surface area contributed by atoms with Crippen molar-refractivity contribution in [3.63, 3.8) is 0 Å². The molecular weight excluding hydrogens is 833 g/mol. The van der Waals surface area contributed by atoms with Crippen LogP contribution in [0.2, 0.25) is 0 Å². The minimum absolute atomic E-state index is 0.0428. The van der Waals surface area contributed by atoms with Gasteiger partial charge in [-0.25, -0.2) is 27.5 Å². The van der Waals surface area contributed by atoms with Gasteiger partial charge in [0.05, 0.1) is 53.4 Å². The number of fused-ring (bicyclic) bond motifs is 2. The fourth-order valence-electron chi connectivity index (χ4n) is 6.32. The molecular formula is C46H42F4N10O4. The van der Waals surface area contributed by atoms with Crippen LogP contribution in [0.5, 0.6) is 11.5 Å². The average Bonchev–Trinajstić information content (AvgIpc) is 3.88. The van der Waals surface area contributed by atoms with Crippen LogP contribution in [0.4, 0.5) is 40.8 Å². The second-order valence-corrected chi connectivity index (χ2v) is 15.6. The molecule has 64 heavy (non-hydrogen) atoms. The maximum Gasteiger partial charge on any atom is 0.229 e. The largest absolute Gasteiger partial charge is 0.496 e. The van der Waals surface area contributed by atoms with Gasteiger partial charge in [0.1, 0.15) is 40.4 Å². The molecule has 8 aromatic rings. The van der Waals surface area contributed by atoms with Crippen molar-refractivity contribution in [1.82, 2.24) is 40.3 Å². The van der Waals surface area contributed by atoms with E-state index in [-0.39, 0.29) is 23.3 Å². The minimum atomic E-state index is -1.12. The zero-order valence-corrected chi connectivity index (χ0v) is 35.4. The van der Waals surface area contributed by atoms with E-state index < -0.39 is 34.5 Å². The van der Waals surface area contributed by atoms with Gasteiger partial charge in [-0.1, -0.05) is 17.9 Å². The van der Waals surface area contributed by atoms with Gasteiger partial charge in [-0.2, -0.15) is 20.2 Å². The summed E-state index contributed by atoms with van der Waals surface area (Å²) in [6.45, 7) is 6.77. The molecule has 4 aromatic carbocycles. The van der Waals surface area contributed by atoms with Gasteiger partial charge in [0, 0.05) is 41.2 Å². The lowest BCUT2D eigenvalue weighted by Crippen LogP contribution is -2.19. The molecule has 0 aliphatic heterocycles. The number of aromatic amines is 2. The van der Waals surface area contributed by atoms with E-state index in [0.29, 0.717) is 68.9 Å². The Morgan fingerprint density at radius 3 is 1.62 bits per heavy atom. The van der Waals surface area contributed by atoms with Gasteiger partial charge in [-0.3, -0.25) is 10.2 Å². The number of methoxy groups -OCH3 is 2. The van der Waals surface area contributed by atoms with E-state index in [1.165, 1.54) is 12.1 Å². The highest BCUT2D eigenvalue weighted by atomic mass is 19.1. The number of aromatic nitrogens is 8. The van der Waals surface area contributed by atoms with Crippen LogP contribution in [0.3, 0.4) is 0 Å². The molecule has 0 aliphatic rings. The van der Waals surface area contributed by atoms with Gasteiger partial charge < -0.3 is 30.3 Å². The van der Waals surface area contributed by atoms with Gasteiger partial charge in [0.25, 0.3) is 0 Å². The third-order valence-corrected chi connectivity index (χ3v) is 9.52. The molecule has 0 fully saturated rings. The van der Waals surface area contributed by atoms with Crippen molar-refractivity contribution in [1.29, 1.82) is 0 Å². The van der Waals surface area contributed by atoms with Crippen molar-refractivity contribution < 1.29 is 37.2 Å². The second kappa shape index (κ2) is 18.4. The number of nitrogens with one attached hydrogen (secondary N) is 4. The fraction of sp³-hybridized carbons (Fsp3) is 0.217. The average molecular weight is 875 g/mol. The van der Waals surface area contributed by atoms with E-state index in [1.807, 2.05) is 24.3 Å². The Morgan fingerprint density at radius 2 is 1.16 bits per heavy atom. The highest BCUT2D eigenvalue weighted by molar-refractivity contribution is 5.94. The van der Waals surface area contributed by atoms with Crippen LogP contribution in [0.25, 0.3) is 44.6 Å². The normalized spacial score (nSPS) is 11.4. The SMILES string of the molecule is COc1ccc(C#CC(C)(C)O)cc1-c1[nH]nc2nc(Nc3ccc(F)cc3F)ncc12.COc1ccc(CCC(C)(C)O)cc1-c1[nH]nc2nc(Nc3ccc(F)cc3F)ncc12. The van der Waals surface area contributed by atoms with Crippen LogP contribution < -0.4 is 20.1 Å². The maximum atomic E-state index is 13.9. The number of benzene rings is 4. The van der Waals surface area contributed by atoms with E-state index in [0.717, 1.165) is 35.4 Å². The molecule has 0 atom stereocenters. The van der Waals surface area contributed by atoms with Crippen molar-refractivity contribution in [3.8, 4) is 45.9 Å². The van der Waals surface area contributed by atoms with Crippen LogP contribution >= 0.6 is 0 Å². The van der Waals surface area contributed by atoms with Crippen molar-refractivity contribution in [2.24, 2.45) is 0 Å². The highest BCUT2D eigenvalue weighted by Crippen LogP contribution is 2.36. The molecule has 0 bridgehead atoms. The Kier molecular flexibility index (Phi) is 12.8. The van der Waals surface area contributed by atoms with Gasteiger partial charge in [0.2, 0.25) is 11.9 Å². The highest BCUT2D eigenvalue weighted by Gasteiger charge is 2.19. The number of anilines is 4. The molecule has 8 rings (SSSR count). The molecule has 0 saturated carbocycles. The number of nitrogens with zero attached hydrogens (tertiary/aromatic N) is 6. The molecule has 0 spiro atoms. The second-order valence-electron chi connectivity index (χ2n) is 15.6. The molecule has 0 radical (unpaired) electrons. The Morgan fingerprint density at radius 1 is 0.656 bits per heavy atom. The molecule has 14 nitrogen and oxygen atoms in total. The Balaban J connectivity index is 0.000000191. The van der Waals surface area contributed by atoms with Crippen LogP contribution in [0, 0.1) is 35.1 Å². The zero-order chi connectivity index (χ0) is 45.8. The van der Waals surface area contributed by atoms with Crippen molar-refractivity contribution in [3.05, 3.63) is 120 Å². The van der Waals surface area contributed by atoms with E-state index in [9.17, 15) is 27.8 Å². The Labute approximate surface area is 364 Å². The van der Waals surface area contributed by atoms with Gasteiger partial charge in [0.15, 0.2) is 11.3 Å². The van der Waals surface area contributed by atoms with Gasteiger partial charge in [-0.15, -0.1) is 0 Å². The van der Waals surface area contributed by atoms with Crippen LogP contribution in [0.1, 0.15) is 45.2 Å². The lowest BCUT2D eigenvalue weighted by Gasteiger charge is -2.17. The molecule has 6 N–H and O–H groups in total. The van der Waals surface area contributed by atoms with E-state index in [1.54, 1.807) is 66.4 Å². The third-order valence-electron chi connectivity index (χ3n) is 9.52. The standard InChI is InChI=1S/C23H23F2N5O2.C23H19F2N5O2/c2*1-23(2,31)9-8-13-4-7-19(32-3)15(10-13)20-16-12-26-22(28-21(16)30-29-20)27-18-6-5-14(24)11-17(18)25/h4-7,10-12,31H,8-9H2,1-3H3,(H2,26,27,28,29,30);4-7,10-12,31H,1-3H3,(H2,26,27,28,29,30). The lowest BCUT2D eigenvalue weighted by molar-refractivity contribution is 0.0714. The zero-order valence-electron chi connectivity index (χ0n) is 35.4. The molecule has 18 heteroatoms. The summed E-state index contributed by atoms with van der Waals surface area (Å²) in [6, 6.07) is 17.6. The number of halogens is 4. The summed E-state index contributed by atoms with van der Waals surface area (Å²) >= 11 is 0. The molecule has 0 aliphatic carbocycles. The molecule has 328 valence electrons. The summed E-state index contributed by atoms with van der Waals surface area (Å²) in [7, 11) is 3.14. The summed E-state index contributed by atoms with van der Waals surface area (Å²) < 4.78 is 65.1. The van der Waals surface area contributed by atoms with Crippen LogP contribution in [0.15, 0.2) is 85.2 Å². The summed E-state index contributed by atoms with van der Waals surface area (Å²) in [4.78, 5) is 17.1. The molecule has 0 saturated heterocycles.